The van der Waals surface area contributed by atoms with Crippen LogP contribution in [0.4, 0.5) is 0 Å². The summed E-state index contributed by atoms with van der Waals surface area (Å²) in [7, 11) is 1.99. The van der Waals surface area contributed by atoms with Crippen LogP contribution in [0.3, 0.4) is 0 Å². The summed E-state index contributed by atoms with van der Waals surface area (Å²) < 4.78 is 0. The molecule has 0 saturated heterocycles. The molecule has 0 aliphatic rings. The third-order valence-electron chi connectivity index (χ3n) is 3.44. The quantitative estimate of drug-likeness (QED) is 0.916. The van der Waals surface area contributed by atoms with Gasteiger partial charge in [-0.2, -0.15) is 0 Å². The lowest BCUT2D eigenvalue weighted by Gasteiger charge is -2.20. The molecule has 1 N–H and O–H groups in total. The highest BCUT2D eigenvalue weighted by Crippen LogP contribution is 2.25. The van der Waals surface area contributed by atoms with Gasteiger partial charge in [0.15, 0.2) is 0 Å². The molecule has 0 amide bonds. The Labute approximate surface area is 119 Å². The summed E-state index contributed by atoms with van der Waals surface area (Å²) >= 11 is 6.19. The molecule has 0 bridgehead atoms. The van der Waals surface area contributed by atoms with Gasteiger partial charge in [-0.05, 0) is 50.1 Å². The van der Waals surface area contributed by atoms with Crippen LogP contribution in [0.5, 0.6) is 0 Å². The summed E-state index contributed by atoms with van der Waals surface area (Å²) in [6.07, 6.45) is 4.35. The Kier molecular flexibility index (Phi) is 4.56. The van der Waals surface area contributed by atoms with E-state index in [0.29, 0.717) is 0 Å². The Morgan fingerprint density at radius 3 is 2.74 bits per heavy atom. The predicted octanol–water partition coefficient (Wildman–Crippen LogP) is 3.86. The zero-order valence-electron chi connectivity index (χ0n) is 11.6. The number of aromatic nitrogens is 1. The van der Waals surface area contributed by atoms with Gasteiger partial charge in [-0.3, -0.25) is 4.98 Å². The van der Waals surface area contributed by atoms with Crippen LogP contribution in [0.25, 0.3) is 0 Å². The number of benzene rings is 1. The number of hydrogen-bond acceptors (Lipinski definition) is 2. The van der Waals surface area contributed by atoms with Crippen molar-refractivity contribution in [2.45, 2.75) is 26.3 Å². The second-order valence-electron chi connectivity index (χ2n) is 4.87. The van der Waals surface area contributed by atoms with Crippen LogP contribution in [0.2, 0.25) is 5.02 Å². The van der Waals surface area contributed by atoms with Gasteiger partial charge in [-0.1, -0.05) is 35.4 Å². The minimum atomic E-state index is 0.264. The van der Waals surface area contributed by atoms with Crippen molar-refractivity contribution in [3.63, 3.8) is 0 Å². The van der Waals surface area contributed by atoms with E-state index in [1.807, 2.05) is 13.1 Å². The first kappa shape index (κ1) is 14.0. The fraction of sp³-hybridized carbons (Fsp3) is 0.312. The Hall–Kier alpha value is -1.38. The lowest BCUT2D eigenvalue weighted by atomic mass is 9.94. The summed E-state index contributed by atoms with van der Waals surface area (Å²) in [4.78, 5) is 4.03. The van der Waals surface area contributed by atoms with Crippen LogP contribution in [0.1, 0.15) is 28.3 Å². The van der Waals surface area contributed by atoms with E-state index < -0.39 is 0 Å². The first-order valence-electron chi connectivity index (χ1n) is 6.44. The predicted molar refractivity (Wildman–Crippen MR) is 80.7 cm³/mol. The number of pyridine rings is 1. The number of likely N-dealkylation sites (N-methyl/N-ethyl adjacent to an activating group) is 1. The molecule has 1 atom stereocenters. The molecule has 0 aliphatic carbocycles. The standard InChI is InChI=1S/C16H19ClN2/c1-11-4-5-12(2)14(8-11)16(18-3)9-13-6-7-19-10-15(13)17/h4-8,10,16,18H,9H2,1-3H3. The van der Waals surface area contributed by atoms with Crippen LogP contribution in [-0.4, -0.2) is 12.0 Å². The van der Waals surface area contributed by atoms with Gasteiger partial charge in [0.05, 0.1) is 5.02 Å². The molecule has 0 radical (unpaired) electrons. The van der Waals surface area contributed by atoms with Gasteiger partial charge in [-0.25, -0.2) is 0 Å². The van der Waals surface area contributed by atoms with E-state index in [2.05, 4.69) is 42.3 Å². The van der Waals surface area contributed by atoms with Crippen molar-refractivity contribution in [2.24, 2.45) is 0 Å². The van der Waals surface area contributed by atoms with Gasteiger partial charge >= 0.3 is 0 Å². The molecule has 3 heteroatoms. The molecular weight excluding hydrogens is 256 g/mol. The van der Waals surface area contributed by atoms with E-state index in [1.165, 1.54) is 16.7 Å². The first-order chi connectivity index (χ1) is 9.11. The molecule has 19 heavy (non-hydrogen) atoms. The van der Waals surface area contributed by atoms with Crippen molar-refractivity contribution < 1.29 is 0 Å². The molecule has 2 rings (SSSR count). The largest absolute Gasteiger partial charge is 0.313 e. The smallest absolute Gasteiger partial charge is 0.0622 e. The minimum absolute atomic E-state index is 0.264. The van der Waals surface area contributed by atoms with Crippen LogP contribution >= 0.6 is 11.6 Å². The molecule has 2 nitrogen and oxygen atoms in total. The molecule has 1 heterocycles. The van der Waals surface area contributed by atoms with Crippen LogP contribution in [0, 0.1) is 13.8 Å². The van der Waals surface area contributed by atoms with Gasteiger partial charge in [0.2, 0.25) is 0 Å². The SMILES string of the molecule is CNC(Cc1ccncc1Cl)c1cc(C)ccc1C. The molecule has 0 aliphatic heterocycles. The molecule has 1 aromatic heterocycles. The van der Waals surface area contributed by atoms with Gasteiger partial charge in [0, 0.05) is 18.4 Å². The Morgan fingerprint density at radius 1 is 1.26 bits per heavy atom. The number of aryl methyl sites for hydroxylation is 2. The number of nitrogens with zero attached hydrogens (tertiary/aromatic N) is 1. The second-order valence-corrected chi connectivity index (χ2v) is 5.28. The first-order valence-corrected chi connectivity index (χ1v) is 6.82. The zero-order valence-corrected chi connectivity index (χ0v) is 12.3. The maximum absolute atomic E-state index is 6.19. The van der Waals surface area contributed by atoms with Gasteiger partial charge in [-0.15, -0.1) is 0 Å². The number of hydrogen-bond donors (Lipinski definition) is 1. The normalized spacial score (nSPS) is 12.4. The molecule has 2 aromatic rings. The Morgan fingerprint density at radius 2 is 2.05 bits per heavy atom. The van der Waals surface area contributed by atoms with E-state index in [0.717, 1.165) is 17.0 Å². The topological polar surface area (TPSA) is 24.9 Å². The highest BCUT2D eigenvalue weighted by molar-refractivity contribution is 6.31. The van der Waals surface area contributed by atoms with Crippen molar-refractivity contribution in [2.75, 3.05) is 7.05 Å². The lowest BCUT2D eigenvalue weighted by Crippen LogP contribution is -2.20. The van der Waals surface area contributed by atoms with E-state index in [1.54, 1.807) is 12.4 Å². The van der Waals surface area contributed by atoms with Gasteiger partial charge < -0.3 is 5.32 Å². The van der Waals surface area contributed by atoms with Gasteiger partial charge in [0.1, 0.15) is 0 Å². The molecule has 100 valence electrons. The highest BCUT2D eigenvalue weighted by Gasteiger charge is 2.14. The highest BCUT2D eigenvalue weighted by atomic mass is 35.5. The monoisotopic (exact) mass is 274 g/mol. The van der Waals surface area contributed by atoms with E-state index in [-0.39, 0.29) is 6.04 Å². The second kappa shape index (κ2) is 6.18. The summed E-state index contributed by atoms with van der Waals surface area (Å²) in [5.41, 5.74) is 5.03. The van der Waals surface area contributed by atoms with Gasteiger partial charge in [0.25, 0.3) is 0 Å². The van der Waals surface area contributed by atoms with Crippen molar-refractivity contribution in [3.05, 3.63) is 63.9 Å². The van der Waals surface area contributed by atoms with Crippen molar-refractivity contribution in [3.8, 4) is 0 Å². The fourth-order valence-electron chi connectivity index (χ4n) is 2.29. The van der Waals surface area contributed by atoms with Crippen molar-refractivity contribution in [1.82, 2.24) is 10.3 Å². The van der Waals surface area contributed by atoms with E-state index in [9.17, 15) is 0 Å². The van der Waals surface area contributed by atoms with Crippen LogP contribution < -0.4 is 5.32 Å². The summed E-state index contributed by atoms with van der Waals surface area (Å²) in [5, 5.41) is 4.11. The minimum Gasteiger partial charge on any atom is -0.313 e. The molecule has 0 spiro atoms. The molecule has 0 fully saturated rings. The lowest BCUT2D eigenvalue weighted by molar-refractivity contribution is 0.588. The van der Waals surface area contributed by atoms with E-state index in [4.69, 9.17) is 11.6 Å². The summed E-state index contributed by atoms with van der Waals surface area (Å²) in [6, 6.07) is 8.80. The summed E-state index contributed by atoms with van der Waals surface area (Å²) in [6.45, 7) is 4.27. The average Bonchev–Trinajstić information content (AvgIpc) is 2.41. The fourth-order valence-corrected chi connectivity index (χ4v) is 2.49. The molecule has 1 unspecified atom stereocenters. The maximum atomic E-state index is 6.19. The van der Waals surface area contributed by atoms with Crippen molar-refractivity contribution in [1.29, 1.82) is 0 Å². The average molecular weight is 275 g/mol. The third kappa shape index (κ3) is 3.34. The number of halogens is 1. The molecule has 0 saturated carbocycles. The van der Waals surface area contributed by atoms with E-state index >= 15 is 0 Å². The summed E-state index contributed by atoms with van der Waals surface area (Å²) in [5.74, 6) is 0. The molecular formula is C16H19ClN2. The Bertz CT molecular complexity index is 566. The Balaban J connectivity index is 2.30. The maximum Gasteiger partial charge on any atom is 0.0622 e. The van der Waals surface area contributed by atoms with Crippen LogP contribution in [0.15, 0.2) is 36.7 Å². The number of rotatable bonds is 4. The third-order valence-corrected chi connectivity index (χ3v) is 3.78. The van der Waals surface area contributed by atoms with Crippen molar-refractivity contribution >= 4 is 11.6 Å². The zero-order chi connectivity index (χ0) is 13.8. The van der Waals surface area contributed by atoms with Crippen LogP contribution in [-0.2, 0) is 6.42 Å². The number of nitrogens with one attached hydrogen (secondary N) is 1. The molecule has 1 aromatic carbocycles.